The maximum atomic E-state index is 10.3. The van der Waals surface area contributed by atoms with E-state index in [1.54, 1.807) is 7.11 Å². The number of aryl methyl sites for hydroxylation is 1. The molecular formula is C14H21NO2. The maximum Gasteiger partial charge on any atom is 0.119 e. The predicted molar refractivity (Wildman–Crippen MR) is 68.4 cm³/mol. The number of benzene rings is 1. The summed E-state index contributed by atoms with van der Waals surface area (Å²) in [6.07, 6.45) is 2.70. The largest absolute Gasteiger partial charge is 0.497 e. The molecule has 0 fully saturated rings. The third-order valence-electron chi connectivity index (χ3n) is 3.43. The molecule has 3 nitrogen and oxygen atoms in total. The van der Waals surface area contributed by atoms with Crippen LogP contribution < -0.4 is 10.1 Å². The lowest BCUT2D eigenvalue weighted by Crippen LogP contribution is -2.38. The summed E-state index contributed by atoms with van der Waals surface area (Å²) >= 11 is 0. The monoisotopic (exact) mass is 235 g/mol. The van der Waals surface area contributed by atoms with Gasteiger partial charge in [0, 0.05) is 6.04 Å². The Morgan fingerprint density at radius 2 is 2.29 bits per heavy atom. The van der Waals surface area contributed by atoms with E-state index < -0.39 is 6.10 Å². The summed E-state index contributed by atoms with van der Waals surface area (Å²) < 4.78 is 5.21. The number of rotatable bonds is 4. The van der Waals surface area contributed by atoms with E-state index in [-0.39, 0.29) is 6.04 Å². The minimum atomic E-state index is -0.416. The molecule has 0 radical (unpaired) electrons. The number of ether oxygens (including phenoxy) is 1. The molecule has 0 saturated heterocycles. The molecule has 2 rings (SSSR count). The Morgan fingerprint density at radius 3 is 3.00 bits per heavy atom. The molecule has 17 heavy (non-hydrogen) atoms. The van der Waals surface area contributed by atoms with Gasteiger partial charge in [-0.25, -0.2) is 0 Å². The van der Waals surface area contributed by atoms with Crippen molar-refractivity contribution in [1.82, 2.24) is 5.32 Å². The number of nitrogens with one attached hydrogen (secondary N) is 1. The van der Waals surface area contributed by atoms with Gasteiger partial charge in [-0.1, -0.05) is 13.0 Å². The Bertz CT molecular complexity index is 378. The molecule has 2 atom stereocenters. The van der Waals surface area contributed by atoms with Gasteiger partial charge in [0.2, 0.25) is 0 Å². The Kier molecular flexibility index (Phi) is 4.02. The zero-order chi connectivity index (χ0) is 12.3. The molecule has 2 N–H and O–H groups in total. The number of fused-ring (bicyclic) bond motifs is 1. The van der Waals surface area contributed by atoms with Crippen molar-refractivity contribution < 1.29 is 9.84 Å². The van der Waals surface area contributed by atoms with Crippen LogP contribution in [0.5, 0.6) is 5.75 Å². The van der Waals surface area contributed by atoms with Gasteiger partial charge in [0.25, 0.3) is 0 Å². The molecule has 0 amide bonds. The molecular weight excluding hydrogens is 214 g/mol. The van der Waals surface area contributed by atoms with Gasteiger partial charge in [-0.05, 0) is 49.1 Å². The second-order valence-electron chi connectivity index (χ2n) is 4.61. The van der Waals surface area contributed by atoms with Crippen molar-refractivity contribution in [3.63, 3.8) is 0 Å². The standard InChI is InChI=1S/C14H21NO2/c1-3-8-15-13-7-5-10-4-6-11(17-2)9-12(10)14(13)16/h4,6,9,13-16H,3,5,7-8H2,1-2H3. The highest BCUT2D eigenvalue weighted by molar-refractivity contribution is 5.39. The topological polar surface area (TPSA) is 41.5 Å². The van der Waals surface area contributed by atoms with E-state index in [0.29, 0.717) is 0 Å². The van der Waals surface area contributed by atoms with Crippen LogP contribution in [0.1, 0.15) is 37.0 Å². The molecule has 0 heterocycles. The minimum absolute atomic E-state index is 0.176. The van der Waals surface area contributed by atoms with Crippen molar-refractivity contribution in [3.8, 4) is 5.75 Å². The quantitative estimate of drug-likeness (QED) is 0.839. The van der Waals surface area contributed by atoms with Crippen LogP contribution in [0.2, 0.25) is 0 Å². The summed E-state index contributed by atoms with van der Waals surface area (Å²) in [5, 5.41) is 13.8. The summed E-state index contributed by atoms with van der Waals surface area (Å²) in [6.45, 7) is 3.10. The van der Waals surface area contributed by atoms with Crippen molar-refractivity contribution in [2.45, 2.75) is 38.3 Å². The number of hydrogen-bond acceptors (Lipinski definition) is 3. The Hall–Kier alpha value is -1.06. The molecule has 1 aliphatic carbocycles. The summed E-state index contributed by atoms with van der Waals surface area (Å²) in [4.78, 5) is 0. The van der Waals surface area contributed by atoms with Crippen LogP contribution in [0.15, 0.2) is 18.2 Å². The highest BCUT2D eigenvalue weighted by Gasteiger charge is 2.27. The molecule has 1 aliphatic rings. The highest BCUT2D eigenvalue weighted by Crippen LogP contribution is 2.32. The zero-order valence-corrected chi connectivity index (χ0v) is 10.6. The van der Waals surface area contributed by atoms with Crippen molar-refractivity contribution in [1.29, 1.82) is 0 Å². The summed E-state index contributed by atoms with van der Waals surface area (Å²) in [5.74, 6) is 0.818. The van der Waals surface area contributed by atoms with E-state index in [1.165, 1.54) is 5.56 Å². The van der Waals surface area contributed by atoms with Gasteiger partial charge in [-0.15, -0.1) is 0 Å². The molecule has 2 unspecified atom stereocenters. The first-order chi connectivity index (χ1) is 8.26. The molecule has 0 saturated carbocycles. The van der Waals surface area contributed by atoms with Gasteiger partial charge in [-0.2, -0.15) is 0 Å². The van der Waals surface area contributed by atoms with E-state index in [4.69, 9.17) is 4.74 Å². The van der Waals surface area contributed by atoms with Crippen LogP contribution in [-0.4, -0.2) is 24.8 Å². The average Bonchev–Trinajstić information content (AvgIpc) is 2.38. The van der Waals surface area contributed by atoms with E-state index >= 15 is 0 Å². The van der Waals surface area contributed by atoms with Gasteiger partial charge in [-0.3, -0.25) is 0 Å². The smallest absolute Gasteiger partial charge is 0.119 e. The van der Waals surface area contributed by atoms with Crippen LogP contribution in [0.25, 0.3) is 0 Å². The van der Waals surface area contributed by atoms with Crippen LogP contribution in [-0.2, 0) is 6.42 Å². The van der Waals surface area contributed by atoms with Gasteiger partial charge in [0.05, 0.1) is 13.2 Å². The Balaban J connectivity index is 2.18. The zero-order valence-electron chi connectivity index (χ0n) is 10.6. The first-order valence-corrected chi connectivity index (χ1v) is 6.34. The van der Waals surface area contributed by atoms with Gasteiger partial charge < -0.3 is 15.2 Å². The van der Waals surface area contributed by atoms with Gasteiger partial charge >= 0.3 is 0 Å². The van der Waals surface area contributed by atoms with E-state index in [9.17, 15) is 5.11 Å². The number of hydrogen-bond donors (Lipinski definition) is 2. The van der Waals surface area contributed by atoms with Crippen LogP contribution in [0.3, 0.4) is 0 Å². The number of aliphatic hydroxyl groups is 1. The lowest BCUT2D eigenvalue weighted by atomic mass is 9.85. The van der Waals surface area contributed by atoms with Crippen molar-refractivity contribution in [3.05, 3.63) is 29.3 Å². The lowest BCUT2D eigenvalue weighted by Gasteiger charge is -2.31. The number of aliphatic hydroxyl groups excluding tert-OH is 1. The fourth-order valence-corrected chi connectivity index (χ4v) is 2.43. The molecule has 0 aromatic heterocycles. The Morgan fingerprint density at radius 1 is 1.47 bits per heavy atom. The summed E-state index contributed by atoms with van der Waals surface area (Å²) in [5.41, 5.74) is 2.26. The van der Waals surface area contributed by atoms with Gasteiger partial charge in [0.1, 0.15) is 5.75 Å². The third-order valence-corrected chi connectivity index (χ3v) is 3.43. The highest BCUT2D eigenvalue weighted by atomic mass is 16.5. The molecule has 0 aliphatic heterocycles. The second-order valence-corrected chi connectivity index (χ2v) is 4.61. The molecule has 0 bridgehead atoms. The fourth-order valence-electron chi connectivity index (χ4n) is 2.43. The third kappa shape index (κ3) is 2.61. The van der Waals surface area contributed by atoms with Crippen LogP contribution in [0.4, 0.5) is 0 Å². The summed E-state index contributed by atoms with van der Waals surface area (Å²) in [6, 6.07) is 6.16. The van der Waals surface area contributed by atoms with Crippen LogP contribution in [0, 0.1) is 0 Å². The summed E-state index contributed by atoms with van der Waals surface area (Å²) in [7, 11) is 1.66. The van der Waals surface area contributed by atoms with Crippen molar-refractivity contribution in [2.24, 2.45) is 0 Å². The SMILES string of the molecule is CCCNC1CCc2ccc(OC)cc2C1O. The van der Waals surface area contributed by atoms with E-state index in [0.717, 1.165) is 37.1 Å². The van der Waals surface area contributed by atoms with Crippen molar-refractivity contribution >= 4 is 0 Å². The average molecular weight is 235 g/mol. The molecule has 3 heteroatoms. The fraction of sp³-hybridized carbons (Fsp3) is 0.571. The van der Waals surface area contributed by atoms with Gasteiger partial charge in [0.15, 0.2) is 0 Å². The molecule has 1 aromatic rings. The van der Waals surface area contributed by atoms with Crippen LogP contribution >= 0.6 is 0 Å². The minimum Gasteiger partial charge on any atom is -0.497 e. The first kappa shape index (κ1) is 12.4. The second kappa shape index (κ2) is 5.52. The van der Waals surface area contributed by atoms with E-state index in [2.05, 4.69) is 18.3 Å². The lowest BCUT2D eigenvalue weighted by molar-refractivity contribution is 0.115. The molecule has 94 valence electrons. The maximum absolute atomic E-state index is 10.3. The molecule has 0 spiro atoms. The number of methoxy groups -OCH3 is 1. The molecule has 1 aromatic carbocycles. The normalized spacial score (nSPS) is 23.2. The van der Waals surface area contributed by atoms with E-state index in [1.807, 2.05) is 12.1 Å². The Labute approximate surface area is 103 Å². The predicted octanol–water partition coefficient (Wildman–Crippen LogP) is 2.04. The first-order valence-electron chi connectivity index (χ1n) is 6.34. The van der Waals surface area contributed by atoms with Crippen molar-refractivity contribution in [2.75, 3.05) is 13.7 Å².